The van der Waals surface area contributed by atoms with Crippen molar-refractivity contribution in [3.8, 4) is 0 Å². The average Bonchev–Trinajstić information content (AvgIpc) is 3.30. The highest BCUT2D eigenvalue weighted by Crippen LogP contribution is 2.15. The fraction of sp³-hybridized carbons (Fsp3) is 0.627. The Hall–Kier alpha value is -3.74. The smallest absolute Gasteiger partial charge is 0.306 e. The summed E-state index contributed by atoms with van der Waals surface area (Å²) in [6.45, 7) is 6.28. The van der Waals surface area contributed by atoms with Gasteiger partial charge in [0, 0.05) is 6.42 Å². The van der Waals surface area contributed by atoms with Gasteiger partial charge in [-0.25, -0.2) is 0 Å². The van der Waals surface area contributed by atoms with Crippen molar-refractivity contribution in [2.24, 2.45) is 0 Å². The highest BCUT2D eigenvalue weighted by molar-refractivity contribution is 5.78. The first-order valence-corrected chi connectivity index (χ1v) is 26.3. The predicted molar refractivity (Wildman–Crippen MR) is 282 cm³/mol. The van der Waals surface area contributed by atoms with Gasteiger partial charge in [0.05, 0.1) is 25.2 Å². The van der Waals surface area contributed by atoms with Gasteiger partial charge in [0.1, 0.15) is 6.10 Å². The number of aliphatic hydroxyl groups is 2. The summed E-state index contributed by atoms with van der Waals surface area (Å²) >= 11 is 0. The molecular formula is C59H97NO5. The van der Waals surface area contributed by atoms with E-state index < -0.39 is 18.2 Å². The number of unbranched alkanes of at least 4 members (excludes halogenated alkanes) is 15. The first-order valence-electron chi connectivity index (χ1n) is 26.3. The number of carbonyl (C=O) groups is 2. The number of ether oxygens (including phenoxy) is 1. The van der Waals surface area contributed by atoms with E-state index in [2.05, 4.69) is 135 Å². The predicted octanol–water partition coefficient (Wildman–Crippen LogP) is 16.1. The van der Waals surface area contributed by atoms with Crippen molar-refractivity contribution in [1.82, 2.24) is 5.32 Å². The topological polar surface area (TPSA) is 95.9 Å². The average molecular weight is 900 g/mol. The van der Waals surface area contributed by atoms with E-state index in [1.54, 1.807) is 6.08 Å². The van der Waals surface area contributed by atoms with Gasteiger partial charge in [-0.3, -0.25) is 9.59 Å². The maximum absolute atomic E-state index is 13.2. The molecule has 0 aliphatic carbocycles. The monoisotopic (exact) mass is 900 g/mol. The van der Waals surface area contributed by atoms with Crippen LogP contribution in [0.3, 0.4) is 0 Å². The zero-order valence-electron chi connectivity index (χ0n) is 41.8. The number of carbonyl (C=O) groups excluding carboxylic acids is 2. The van der Waals surface area contributed by atoms with E-state index in [1.807, 2.05) is 6.08 Å². The number of esters is 1. The number of aliphatic hydroxyl groups excluding tert-OH is 2. The number of hydrogen-bond acceptors (Lipinski definition) is 5. The van der Waals surface area contributed by atoms with E-state index in [0.717, 1.165) is 77.0 Å². The van der Waals surface area contributed by atoms with Crippen molar-refractivity contribution in [1.29, 1.82) is 0 Å². The second kappa shape index (κ2) is 51.2. The molecule has 3 atom stereocenters. The highest BCUT2D eigenvalue weighted by Gasteiger charge is 2.23. The molecule has 3 unspecified atom stereocenters. The van der Waals surface area contributed by atoms with E-state index in [1.165, 1.54) is 83.5 Å². The van der Waals surface area contributed by atoms with Crippen molar-refractivity contribution in [3.63, 3.8) is 0 Å². The minimum absolute atomic E-state index is 0.0765. The summed E-state index contributed by atoms with van der Waals surface area (Å²) < 4.78 is 5.80. The zero-order valence-corrected chi connectivity index (χ0v) is 41.8. The van der Waals surface area contributed by atoms with Gasteiger partial charge in [0.15, 0.2) is 0 Å². The van der Waals surface area contributed by atoms with Crippen LogP contribution in [-0.2, 0) is 14.3 Å². The molecule has 0 rings (SSSR count). The summed E-state index contributed by atoms with van der Waals surface area (Å²) in [5.74, 6) is -0.708. The Bertz CT molecular complexity index is 1380. The molecule has 0 bridgehead atoms. The van der Waals surface area contributed by atoms with Crippen LogP contribution in [0.25, 0.3) is 0 Å². The van der Waals surface area contributed by atoms with Crippen molar-refractivity contribution < 1.29 is 24.5 Å². The highest BCUT2D eigenvalue weighted by atomic mass is 16.5. The molecule has 0 aromatic heterocycles. The lowest BCUT2D eigenvalue weighted by molar-refractivity contribution is -0.148. The Kier molecular flexibility index (Phi) is 48.3. The van der Waals surface area contributed by atoms with E-state index in [-0.39, 0.29) is 31.3 Å². The first kappa shape index (κ1) is 61.3. The van der Waals surface area contributed by atoms with E-state index >= 15 is 0 Å². The van der Waals surface area contributed by atoms with Gasteiger partial charge in [-0.05, 0) is 96.0 Å². The van der Waals surface area contributed by atoms with Crippen LogP contribution >= 0.6 is 0 Å². The van der Waals surface area contributed by atoms with Crippen LogP contribution in [0.4, 0.5) is 0 Å². The quantitative estimate of drug-likeness (QED) is 0.0321. The van der Waals surface area contributed by atoms with E-state index in [4.69, 9.17) is 4.74 Å². The first-order chi connectivity index (χ1) is 32.0. The molecule has 0 saturated carbocycles. The minimum atomic E-state index is -0.836. The molecule has 1 amide bonds. The van der Waals surface area contributed by atoms with Crippen molar-refractivity contribution >= 4 is 11.9 Å². The van der Waals surface area contributed by atoms with Gasteiger partial charge in [0.2, 0.25) is 5.91 Å². The molecule has 0 radical (unpaired) electrons. The zero-order chi connectivity index (χ0) is 47.4. The van der Waals surface area contributed by atoms with Gasteiger partial charge < -0.3 is 20.3 Å². The van der Waals surface area contributed by atoms with Crippen molar-refractivity contribution in [2.75, 3.05) is 6.61 Å². The molecule has 368 valence electrons. The minimum Gasteiger partial charge on any atom is -0.458 e. The van der Waals surface area contributed by atoms with Crippen LogP contribution in [-0.4, -0.2) is 46.9 Å². The Balaban J connectivity index is 4.89. The molecule has 0 saturated heterocycles. The van der Waals surface area contributed by atoms with Crippen LogP contribution in [0.2, 0.25) is 0 Å². The summed E-state index contributed by atoms with van der Waals surface area (Å²) in [4.78, 5) is 26.1. The maximum Gasteiger partial charge on any atom is 0.306 e. The molecule has 0 aliphatic heterocycles. The molecule has 6 nitrogen and oxygen atoms in total. The van der Waals surface area contributed by atoms with Crippen LogP contribution in [0.5, 0.6) is 0 Å². The summed E-state index contributed by atoms with van der Waals surface area (Å²) in [5.41, 5.74) is 0. The fourth-order valence-corrected chi connectivity index (χ4v) is 7.07. The molecule has 0 spiro atoms. The largest absolute Gasteiger partial charge is 0.458 e. The molecule has 0 fully saturated rings. The Labute approximate surface area is 400 Å². The maximum atomic E-state index is 13.2. The number of nitrogens with one attached hydrogen (secondary N) is 1. The molecule has 0 aliphatic rings. The number of amides is 1. The number of allylic oxidation sites excluding steroid dienone is 19. The fourth-order valence-electron chi connectivity index (χ4n) is 7.07. The van der Waals surface area contributed by atoms with Gasteiger partial charge in [-0.1, -0.05) is 226 Å². The molecule has 0 aromatic carbocycles. The van der Waals surface area contributed by atoms with Gasteiger partial charge in [-0.2, -0.15) is 0 Å². The summed E-state index contributed by atoms with van der Waals surface area (Å²) in [5, 5.41) is 23.7. The van der Waals surface area contributed by atoms with Crippen LogP contribution in [0.1, 0.15) is 213 Å². The normalized spacial score (nSPS) is 14.2. The standard InChI is InChI=1S/C59H97NO5/c1-4-7-10-13-16-19-22-25-27-29-31-33-35-38-41-44-47-50-55(65-59(64)52-49-46-43-40-37-34-32-30-28-26-23-20-17-14-11-8-5-2)53-58(63)60-56(54-61)57(62)51-48-45-42-39-36-24-21-18-15-12-9-6-3/h7,10,16-17,19-20,25-28,31-34,38,40-41,43,47,50,55-57,61-62H,4-6,8-9,11-15,18,21-24,29-30,35-37,39,42,44-46,48-49,51-54H2,1-3H3,(H,60,63)/b10-7-,19-16-,20-17-,27-25-,28-26-,33-31-,34-32-,41-38-,43-40-,50-47-. The number of hydrogen-bond donors (Lipinski definition) is 3. The molecule has 0 heterocycles. The third-order valence-electron chi connectivity index (χ3n) is 11.0. The summed E-state index contributed by atoms with van der Waals surface area (Å²) in [7, 11) is 0. The lowest BCUT2D eigenvalue weighted by Crippen LogP contribution is -2.46. The second-order valence-corrected chi connectivity index (χ2v) is 17.2. The Morgan fingerprint density at radius 1 is 0.477 bits per heavy atom. The molecular weight excluding hydrogens is 803 g/mol. The van der Waals surface area contributed by atoms with Gasteiger partial charge in [-0.15, -0.1) is 0 Å². The second-order valence-electron chi connectivity index (χ2n) is 17.2. The Morgan fingerprint density at radius 3 is 1.31 bits per heavy atom. The Morgan fingerprint density at radius 2 is 0.862 bits per heavy atom. The van der Waals surface area contributed by atoms with Gasteiger partial charge >= 0.3 is 5.97 Å². The molecule has 3 N–H and O–H groups in total. The molecule has 0 aromatic rings. The SMILES string of the molecule is CC/C=C\C/C=C\C/C=C\C/C=C\C/C=C\C/C=C\C(CC(=O)NC(CO)C(O)CCCCCCCCCCCCCC)OC(=O)CCC/C=C\C/C=C\C/C=C\C/C=C\CCCCC. The van der Waals surface area contributed by atoms with Gasteiger partial charge in [0.25, 0.3) is 0 Å². The van der Waals surface area contributed by atoms with Crippen molar-refractivity contribution in [2.45, 2.75) is 232 Å². The third-order valence-corrected chi connectivity index (χ3v) is 11.0. The van der Waals surface area contributed by atoms with E-state index in [9.17, 15) is 19.8 Å². The number of rotatable bonds is 45. The molecule has 65 heavy (non-hydrogen) atoms. The summed E-state index contributed by atoms with van der Waals surface area (Å²) in [6.07, 6.45) is 71.4. The van der Waals surface area contributed by atoms with Crippen LogP contribution < -0.4 is 5.32 Å². The molecule has 6 heteroatoms. The summed E-state index contributed by atoms with van der Waals surface area (Å²) in [6, 6.07) is -0.762. The lowest BCUT2D eigenvalue weighted by Gasteiger charge is -2.23. The van der Waals surface area contributed by atoms with Crippen LogP contribution in [0.15, 0.2) is 122 Å². The lowest BCUT2D eigenvalue weighted by atomic mass is 10.0. The third kappa shape index (κ3) is 46.6. The van der Waals surface area contributed by atoms with Crippen LogP contribution in [0, 0.1) is 0 Å². The van der Waals surface area contributed by atoms with Crippen molar-refractivity contribution in [3.05, 3.63) is 122 Å². The van der Waals surface area contributed by atoms with E-state index in [0.29, 0.717) is 19.3 Å².